The Kier molecular flexibility index (Phi) is 7.88. The summed E-state index contributed by atoms with van der Waals surface area (Å²) in [7, 11) is 0. The number of carbonyl (C=O) groups excluding carboxylic acids is 2. The zero-order chi connectivity index (χ0) is 28.0. The highest BCUT2D eigenvalue weighted by Gasteiger charge is 2.11. The zero-order valence-corrected chi connectivity index (χ0v) is 23.0. The molecule has 11 heteroatoms. The molecule has 2 heterocycles. The molecule has 6 rings (SSSR count). The van der Waals surface area contributed by atoms with E-state index in [1.165, 1.54) is 23.5 Å². The van der Waals surface area contributed by atoms with Crippen LogP contribution in [-0.4, -0.2) is 33.3 Å². The lowest BCUT2D eigenvalue weighted by molar-refractivity contribution is -0.114. The topological polar surface area (TPSA) is 119 Å². The molecule has 204 valence electrons. The van der Waals surface area contributed by atoms with Crippen LogP contribution < -0.4 is 15.4 Å². The van der Waals surface area contributed by atoms with Gasteiger partial charge in [-0.1, -0.05) is 53.9 Å². The molecule has 4 aromatic carbocycles. The van der Waals surface area contributed by atoms with E-state index in [4.69, 9.17) is 13.6 Å². The van der Waals surface area contributed by atoms with Crippen molar-refractivity contribution < 1.29 is 23.2 Å². The lowest BCUT2D eigenvalue weighted by Gasteiger charge is -2.10. The van der Waals surface area contributed by atoms with Gasteiger partial charge in [-0.25, -0.2) is 9.97 Å². The van der Waals surface area contributed by atoms with Gasteiger partial charge in [0.15, 0.2) is 11.2 Å². The quantitative estimate of drug-likeness (QED) is 0.161. The van der Waals surface area contributed by atoms with E-state index < -0.39 is 0 Å². The summed E-state index contributed by atoms with van der Waals surface area (Å²) in [4.78, 5) is 33.6. The van der Waals surface area contributed by atoms with E-state index in [1.54, 1.807) is 48.5 Å². The van der Waals surface area contributed by atoms with E-state index in [-0.39, 0.29) is 23.3 Å². The van der Waals surface area contributed by atoms with Gasteiger partial charge in [0.05, 0.1) is 11.5 Å². The molecule has 0 saturated heterocycles. The molecule has 0 aliphatic heterocycles. The van der Waals surface area contributed by atoms with Crippen molar-refractivity contribution in [2.45, 2.75) is 10.4 Å². The van der Waals surface area contributed by atoms with Crippen LogP contribution in [0.2, 0.25) is 0 Å². The second-order valence-electron chi connectivity index (χ2n) is 8.72. The summed E-state index contributed by atoms with van der Waals surface area (Å²) in [5.41, 5.74) is 4.13. The molecule has 6 aromatic rings. The Morgan fingerprint density at radius 2 is 1.20 bits per heavy atom. The van der Waals surface area contributed by atoms with Gasteiger partial charge in [-0.05, 0) is 60.7 Å². The van der Waals surface area contributed by atoms with Crippen molar-refractivity contribution in [2.75, 3.05) is 22.1 Å². The number of nitrogens with one attached hydrogen (secondary N) is 2. The largest absolute Gasteiger partial charge is 0.457 e. The Balaban J connectivity index is 0.977. The highest BCUT2D eigenvalue weighted by Crippen LogP contribution is 2.27. The van der Waals surface area contributed by atoms with Crippen LogP contribution in [0, 0.1) is 0 Å². The normalized spacial score (nSPS) is 11.0. The summed E-state index contributed by atoms with van der Waals surface area (Å²) in [5, 5.41) is 6.61. The molecular formula is C30H22N4O5S2. The lowest BCUT2D eigenvalue weighted by Crippen LogP contribution is -2.14. The molecule has 2 aromatic heterocycles. The number of oxazole rings is 2. The number of rotatable bonds is 10. The molecule has 0 radical (unpaired) electrons. The van der Waals surface area contributed by atoms with Crippen LogP contribution in [0.3, 0.4) is 0 Å². The average Bonchev–Trinajstić information content (AvgIpc) is 3.60. The molecule has 0 aliphatic carbocycles. The standard InChI is InChI=1S/C30H22N4O5S2/c35-27(17-40-29-33-23-8-1-3-10-25(23)38-29)31-19-12-14-21(15-13-19)37-22-7-5-6-20(16-22)32-28(36)18-41-30-34-24-9-2-4-11-26(24)39-30/h1-16H,17-18H2,(H,31,35)(H,32,36). The molecule has 2 N–H and O–H groups in total. The number of thioether (sulfide) groups is 2. The summed E-state index contributed by atoms with van der Waals surface area (Å²) in [5.74, 6) is 1.09. The van der Waals surface area contributed by atoms with Crippen LogP contribution >= 0.6 is 23.5 Å². The number of ether oxygens (including phenoxy) is 1. The van der Waals surface area contributed by atoms with Crippen LogP contribution in [0.4, 0.5) is 11.4 Å². The summed E-state index contributed by atoms with van der Waals surface area (Å²) in [6, 6.07) is 29.1. The number of fused-ring (bicyclic) bond motifs is 2. The van der Waals surface area contributed by atoms with Gasteiger partial charge in [0.25, 0.3) is 10.4 Å². The molecule has 0 saturated carbocycles. The molecule has 0 fully saturated rings. The minimum atomic E-state index is -0.191. The monoisotopic (exact) mass is 582 g/mol. The van der Waals surface area contributed by atoms with E-state index in [2.05, 4.69) is 20.6 Å². The van der Waals surface area contributed by atoms with Crippen LogP contribution in [-0.2, 0) is 9.59 Å². The van der Waals surface area contributed by atoms with E-state index in [9.17, 15) is 9.59 Å². The van der Waals surface area contributed by atoms with Gasteiger partial charge in [-0.15, -0.1) is 0 Å². The Morgan fingerprint density at radius 1 is 0.634 bits per heavy atom. The molecule has 0 spiro atoms. The fourth-order valence-electron chi connectivity index (χ4n) is 3.85. The first-order valence-corrected chi connectivity index (χ1v) is 14.5. The fourth-order valence-corrected chi connectivity index (χ4v) is 5.13. The third-order valence-electron chi connectivity index (χ3n) is 5.69. The highest BCUT2D eigenvalue weighted by atomic mass is 32.2. The van der Waals surface area contributed by atoms with Crippen LogP contribution in [0.5, 0.6) is 11.5 Å². The lowest BCUT2D eigenvalue weighted by atomic mass is 10.2. The maximum absolute atomic E-state index is 12.5. The van der Waals surface area contributed by atoms with E-state index >= 15 is 0 Å². The van der Waals surface area contributed by atoms with Crippen molar-refractivity contribution in [3.63, 3.8) is 0 Å². The Hall–Kier alpha value is -4.74. The number of carbonyl (C=O) groups is 2. The van der Waals surface area contributed by atoms with Gasteiger partial charge in [-0.2, -0.15) is 0 Å². The first-order valence-electron chi connectivity index (χ1n) is 12.5. The molecule has 41 heavy (non-hydrogen) atoms. The molecule has 0 aliphatic rings. The maximum atomic E-state index is 12.5. The van der Waals surface area contributed by atoms with Crippen molar-refractivity contribution >= 4 is 68.9 Å². The van der Waals surface area contributed by atoms with Crippen LogP contribution in [0.15, 0.2) is 116 Å². The van der Waals surface area contributed by atoms with Gasteiger partial charge < -0.3 is 24.2 Å². The third kappa shape index (κ3) is 6.89. The van der Waals surface area contributed by atoms with Crippen molar-refractivity contribution in [1.82, 2.24) is 9.97 Å². The summed E-state index contributed by atoms with van der Waals surface area (Å²) in [6.07, 6.45) is 0. The molecular weight excluding hydrogens is 560 g/mol. The van der Waals surface area contributed by atoms with Crippen molar-refractivity contribution in [3.05, 3.63) is 97.1 Å². The van der Waals surface area contributed by atoms with Crippen LogP contribution in [0.1, 0.15) is 0 Å². The molecule has 0 bridgehead atoms. The molecule has 2 amide bonds. The van der Waals surface area contributed by atoms with Gasteiger partial charge in [0, 0.05) is 17.4 Å². The Labute approximate surface area is 242 Å². The number of aromatic nitrogens is 2. The third-order valence-corrected chi connectivity index (χ3v) is 7.35. The van der Waals surface area contributed by atoms with Gasteiger partial charge >= 0.3 is 0 Å². The number of anilines is 2. The number of hydrogen-bond donors (Lipinski definition) is 2. The van der Waals surface area contributed by atoms with Crippen molar-refractivity contribution in [1.29, 1.82) is 0 Å². The fraction of sp³-hybridized carbons (Fsp3) is 0.0667. The van der Waals surface area contributed by atoms with Crippen molar-refractivity contribution in [3.8, 4) is 11.5 Å². The molecule has 0 unspecified atom stereocenters. The summed E-state index contributed by atoms with van der Waals surface area (Å²) < 4.78 is 17.2. The number of benzene rings is 4. The van der Waals surface area contributed by atoms with E-state index in [0.717, 1.165) is 11.0 Å². The number of hydrogen-bond acceptors (Lipinski definition) is 9. The smallest absolute Gasteiger partial charge is 0.257 e. The molecule has 0 atom stereocenters. The van der Waals surface area contributed by atoms with Crippen molar-refractivity contribution in [2.24, 2.45) is 0 Å². The SMILES string of the molecule is O=C(CSc1nc2ccccc2o1)Nc1ccc(Oc2cccc(NC(=O)CSc3nc4ccccc4o3)c2)cc1. The minimum absolute atomic E-state index is 0.151. The summed E-state index contributed by atoms with van der Waals surface area (Å²) >= 11 is 2.46. The summed E-state index contributed by atoms with van der Waals surface area (Å²) in [6.45, 7) is 0. The number of amides is 2. The predicted octanol–water partition coefficient (Wildman–Crippen LogP) is 7.22. The predicted molar refractivity (Wildman–Crippen MR) is 160 cm³/mol. The Morgan fingerprint density at radius 3 is 1.78 bits per heavy atom. The minimum Gasteiger partial charge on any atom is -0.457 e. The zero-order valence-electron chi connectivity index (χ0n) is 21.4. The number of para-hydroxylation sites is 4. The van der Waals surface area contributed by atoms with E-state index in [0.29, 0.717) is 44.5 Å². The van der Waals surface area contributed by atoms with Gasteiger partial charge in [0.2, 0.25) is 11.8 Å². The molecule has 9 nitrogen and oxygen atoms in total. The highest BCUT2D eigenvalue weighted by molar-refractivity contribution is 8.00. The van der Waals surface area contributed by atoms with E-state index in [1.807, 2.05) is 48.5 Å². The second kappa shape index (κ2) is 12.2. The number of nitrogens with zero attached hydrogens (tertiary/aromatic N) is 2. The van der Waals surface area contributed by atoms with Crippen LogP contribution in [0.25, 0.3) is 22.2 Å². The average molecular weight is 583 g/mol. The van der Waals surface area contributed by atoms with Gasteiger partial charge in [-0.3, -0.25) is 9.59 Å². The second-order valence-corrected chi connectivity index (χ2v) is 10.6. The maximum Gasteiger partial charge on any atom is 0.257 e. The first-order chi connectivity index (χ1) is 20.1. The first kappa shape index (κ1) is 26.5. The Bertz CT molecular complexity index is 1770. The van der Waals surface area contributed by atoms with Gasteiger partial charge in [0.1, 0.15) is 22.5 Å².